The van der Waals surface area contributed by atoms with Gasteiger partial charge in [-0.2, -0.15) is 0 Å². The average Bonchev–Trinajstić information content (AvgIpc) is 3.56. The van der Waals surface area contributed by atoms with E-state index in [-0.39, 0.29) is 36.6 Å². The molecule has 206 valence electrons. The van der Waals surface area contributed by atoms with Crippen LogP contribution in [0.5, 0.6) is 0 Å². The third kappa shape index (κ3) is 6.62. The summed E-state index contributed by atoms with van der Waals surface area (Å²) < 4.78 is 25.4. The molecule has 1 amide bonds. The van der Waals surface area contributed by atoms with E-state index < -0.39 is 52.9 Å². The van der Waals surface area contributed by atoms with Gasteiger partial charge in [0.1, 0.15) is 34.2 Å². The van der Waals surface area contributed by atoms with Gasteiger partial charge >= 0.3 is 12.1 Å². The molecule has 1 unspecified atom stereocenters. The number of amides is 1. The van der Waals surface area contributed by atoms with Crippen LogP contribution in [0.4, 0.5) is 15.0 Å². The van der Waals surface area contributed by atoms with E-state index >= 15 is 4.39 Å². The fourth-order valence-corrected chi connectivity index (χ4v) is 4.06. The predicted octanol–water partition coefficient (Wildman–Crippen LogP) is 4.28. The number of anilines is 1. The largest absolute Gasteiger partial charge is 0.465 e. The van der Waals surface area contributed by atoms with E-state index in [0.717, 1.165) is 6.07 Å². The highest BCUT2D eigenvalue weighted by Gasteiger charge is 2.55. The first-order valence-electron chi connectivity index (χ1n) is 12.7. The van der Waals surface area contributed by atoms with Gasteiger partial charge in [0, 0.05) is 12.5 Å². The third-order valence-corrected chi connectivity index (χ3v) is 5.90. The summed E-state index contributed by atoms with van der Waals surface area (Å²) in [6, 6.07) is 2.52. The first-order valence-corrected chi connectivity index (χ1v) is 12.7. The zero-order valence-corrected chi connectivity index (χ0v) is 22.9. The Hall–Kier alpha value is -3.63. The van der Waals surface area contributed by atoms with Crippen LogP contribution in [0.25, 0.3) is 11.0 Å². The normalized spacial score (nSPS) is 15.1. The van der Waals surface area contributed by atoms with Crippen molar-refractivity contribution in [1.82, 2.24) is 15.3 Å². The molecule has 1 heterocycles. The molecule has 0 saturated heterocycles. The molecule has 0 radical (unpaired) electrons. The molecular formula is C27H35FN4O6. The lowest BCUT2D eigenvalue weighted by atomic mass is 9.89. The fraction of sp³-hybridized carbons (Fsp3) is 0.556. The molecule has 2 aromatic rings. The number of benzene rings is 1. The van der Waals surface area contributed by atoms with Gasteiger partial charge in [-0.15, -0.1) is 0 Å². The smallest absolute Gasteiger partial charge is 0.408 e. The fourth-order valence-electron chi connectivity index (χ4n) is 4.06. The second kappa shape index (κ2) is 11.0. The monoisotopic (exact) mass is 530 g/mol. The van der Waals surface area contributed by atoms with E-state index in [2.05, 4.69) is 20.6 Å². The first-order chi connectivity index (χ1) is 17.7. The SMILES string of the molecule is CCOC(=O)C(CC(=O)c1c(F)ccc2nc(C)c(NC(C)C)nc12)C(=O)C1(NC(=O)OC(C)(C)C)CC1. The first kappa shape index (κ1) is 28.9. The number of Topliss-reactive ketones (excluding diaryl/α,β-unsaturated/α-hetero) is 2. The van der Waals surface area contributed by atoms with Gasteiger partial charge in [0.2, 0.25) is 0 Å². The summed E-state index contributed by atoms with van der Waals surface area (Å²) in [5, 5.41) is 5.67. The number of aromatic nitrogens is 2. The molecule has 2 N–H and O–H groups in total. The van der Waals surface area contributed by atoms with Crippen LogP contribution < -0.4 is 10.6 Å². The van der Waals surface area contributed by atoms with Crippen molar-refractivity contribution in [3.63, 3.8) is 0 Å². The summed E-state index contributed by atoms with van der Waals surface area (Å²) in [5.74, 6) is -4.42. The number of carbonyl (C=O) groups is 4. The van der Waals surface area contributed by atoms with Crippen molar-refractivity contribution in [2.75, 3.05) is 11.9 Å². The van der Waals surface area contributed by atoms with Crippen LogP contribution in [-0.4, -0.2) is 57.4 Å². The van der Waals surface area contributed by atoms with Crippen LogP contribution in [0.3, 0.4) is 0 Å². The van der Waals surface area contributed by atoms with Gasteiger partial charge in [-0.05, 0) is 73.4 Å². The molecule has 1 atom stereocenters. The number of alkyl carbamates (subject to hydrolysis) is 1. The zero-order chi connectivity index (χ0) is 28.4. The highest BCUT2D eigenvalue weighted by Crippen LogP contribution is 2.40. The highest BCUT2D eigenvalue weighted by molar-refractivity contribution is 6.13. The third-order valence-electron chi connectivity index (χ3n) is 5.90. The van der Waals surface area contributed by atoms with Gasteiger partial charge < -0.3 is 20.1 Å². The Kier molecular flexibility index (Phi) is 8.38. The molecule has 1 aliphatic carbocycles. The summed E-state index contributed by atoms with van der Waals surface area (Å²) in [6.45, 7) is 12.1. The average molecular weight is 531 g/mol. The molecule has 1 aromatic carbocycles. The number of ketones is 2. The van der Waals surface area contributed by atoms with Crippen molar-refractivity contribution in [1.29, 1.82) is 0 Å². The minimum absolute atomic E-state index is 0.00572. The number of nitrogens with zero attached hydrogens (tertiary/aromatic N) is 2. The molecule has 1 saturated carbocycles. The summed E-state index contributed by atoms with van der Waals surface area (Å²) in [4.78, 5) is 61.1. The molecule has 0 bridgehead atoms. The number of esters is 1. The van der Waals surface area contributed by atoms with Crippen molar-refractivity contribution in [2.24, 2.45) is 5.92 Å². The van der Waals surface area contributed by atoms with Gasteiger partial charge in [-0.1, -0.05) is 0 Å². The molecule has 10 nitrogen and oxygen atoms in total. The lowest BCUT2D eigenvalue weighted by Crippen LogP contribution is -2.49. The quantitative estimate of drug-likeness (QED) is 0.262. The van der Waals surface area contributed by atoms with E-state index in [0.29, 0.717) is 17.0 Å². The number of hydrogen-bond acceptors (Lipinski definition) is 9. The van der Waals surface area contributed by atoms with E-state index in [4.69, 9.17) is 9.47 Å². The summed E-state index contributed by atoms with van der Waals surface area (Å²) >= 11 is 0. The van der Waals surface area contributed by atoms with E-state index in [9.17, 15) is 19.2 Å². The topological polar surface area (TPSA) is 137 Å². The number of nitrogens with one attached hydrogen (secondary N) is 2. The molecule has 1 aromatic heterocycles. The zero-order valence-electron chi connectivity index (χ0n) is 22.9. The van der Waals surface area contributed by atoms with Crippen LogP contribution >= 0.6 is 0 Å². The van der Waals surface area contributed by atoms with E-state index in [1.807, 2.05) is 13.8 Å². The lowest BCUT2D eigenvalue weighted by molar-refractivity contribution is -0.152. The molecule has 0 spiro atoms. The van der Waals surface area contributed by atoms with E-state index in [1.54, 1.807) is 34.6 Å². The Balaban J connectivity index is 1.96. The van der Waals surface area contributed by atoms with Gasteiger partial charge in [-0.3, -0.25) is 14.4 Å². The molecule has 3 rings (SSSR count). The molecule has 1 aliphatic rings. The van der Waals surface area contributed by atoms with Crippen molar-refractivity contribution in [2.45, 2.75) is 84.9 Å². The summed E-state index contributed by atoms with van der Waals surface area (Å²) in [7, 11) is 0. The number of carbonyl (C=O) groups excluding carboxylic acids is 4. The minimum atomic E-state index is -1.55. The molecule has 38 heavy (non-hydrogen) atoms. The maximum atomic E-state index is 15.1. The van der Waals surface area contributed by atoms with Gasteiger partial charge in [0.15, 0.2) is 11.6 Å². The number of ether oxygens (including phenoxy) is 2. The summed E-state index contributed by atoms with van der Waals surface area (Å²) in [5.41, 5.74) is -1.64. The van der Waals surface area contributed by atoms with Crippen molar-refractivity contribution >= 4 is 40.5 Å². The molecule has 0 aliphatic heterocycles. The van der Waals surface area contributed by atoms with Gasteiger partial charge in [0.05, 0.1) is 23.4 Å². The Morgan fingerprint density at radius 2 is 1.79 bits per heavy atom. The van der Waals surface area contributed by atoms with Crippen LogP contribution in [0, 0.1) is 18.7 Å². The van der Waals surface area contributed by atoms with Crippen molar-refractivity contribution < 1.29 is 33.0 Å². The van der Waals surface area contributed by atoms with Crippen LogP contribution in [-0.2, 0) is 19.1 Å². The number of rotatable bonds is 10. The minimum Gasteiger partial charge on any atom is -0.465 e. The van der Waals surface area contributed by atoms with Crippen molar-refractivity contribution in [3.05, 3.63) is 29.2 Å². The second-order valence-electron chi connectivity index (χ2n) is 10.8. The Labute approximate surface area is 221 Å². The van der Waals surface area contributed by atoms with Crippen LogP contribution in [0.15, 0.2) is 12.1 Å². The second-order valence-corrected chi connectivity index (χ2v) is 10.8. The van der Waals surface area contributed by atoms with E-state index in [1.165, 1.54) is 6.07 Å². The molecular weight excluding hydrogens is 495 g/mol. The lowest BCUT2D eigenvalue weighted by Gasteiger charge is -2.25. The van der Waals surface area contributed by atoms with Crippen molar-refractivity contribution in [3.8, 4) is 0 Å². The maximum absolute atomic E-state index is 15.1. The standard InChI is InChI=1S/C27H35FN4O6/c1-8-37-24(35)16(22(34)27(11-12-27)32-25(36)38-26(5,6)7)13-19(33)20-17(28)9-10-18-21(20)31-23(15(4)30-18)29-14(2)3/h9-10,14,16H,8,11-13H2,1-7H3,(H,29,31)(H,32,36). The van der Waals surface area contributed by atoms with Crippen LogP contribution in [0.2, 0.25) is 0 Å². The number of halogens is 1. The number of hydrogen-bond donors (Lipinski definition) is 2. The Morgan fingerprint density at radius 3 is 2.34 bits per heavy atom. The van der Waals surface area contributed by atoms with Gasteiger partial charge in [-0.25, -0.2) is 19.2 Å². The Morgan fingerprint density at radius 1 is 1.13 bits per heavy atom. The Bertz CT molecular complexity index is 1270. The summed E-state index contributed by atoms with van der Waals surface area (Å²) in [6.07, 6.45) is -0.929. The number of fused-ring (bicyclic) bond motifs is 1. The maximum Gasteiger partial charge on any atom is 0.408 e. The van der Waals surface area contributed by atoms with Gasteiger partial charge in [0.25, 0.3) is 0 Å². The highest BCUT2D eigenvalue weighted by atomic mass is 19.1. The van der Waals surface area contributed by atoms with Crippen LogP contribution in [0.1, 0.15) is 76.9 Å². The molecule has 1 fully saturated rings. The number of aryl methyl sites for hydroxylation is 1. The predicted molar refractivity (Wildman–Crippen MR) is 138 cm³/mol. The molecule has 11 heteroatoms.